The van der Waals surface area contributed by atoms with Crippen LogP contribution in [-0.2, 0) is 37.3 Å². The van der Waals surface area contributed by atoms with E-state index in [0.29, 0.717) is 0 Å². The number of nitrogens with one attached hydrogen (secondary N) is 1. The molecule has 3 N–H and O–H groups in total. The number of amides is 2. The molecule has 0 aliphatic heterocycles. The van der Waals surface area contributed by atoms with Crippen LogP contribution in [-0.4, -0.2) is 43.5 Å². The number of benzene rings is 4. The second-order valence-electron chi connectivity index (χ2n) is 10.5. The van der Waals surface area contributed by atoms with Crippen LogP contribution in [0.25, 0.3) is 0 Å². The molecule has 0 aliphatic rings. The highest BCUT2D eigenvalue weighted by Crippen LogP contribution is 2.35. The van der Waals surface area contributed by atoms with Crippen LogP contribution in [0.2, 0.25) is 0 Å². The zero-order valence-corrected chi connectivity index (χ0v) is 27.5. The Morgan fingerprint density at radius 1 is 0.652 bits per heavy atom. The summed E-state index contributed by atoms with van der Waals surface area (Å²) in [5.41, 5.74) is 6.82. The highest BCUT2D eigenvalue weighted by Gasteiger charge is 2.45. The van der Waals surface area contributed by atoms with Gasteiger partial charge in [0, 0.05) is 17.5 Å². The van der Waals surface area contributed by atoms with Crippen LogP contribution in [0.3, 0.4) is 0 Å². The second-order valence-corrected chi connectivity index (χ2v) is 16.6. The maximum atomic E-state index is 13.8. The zero-order chi connectivity index (χ0) is 33.6. The molecule has 4 aromatic carbocycles. The number of rotatable bonds is 14. The first-order valence-electron chi connectivity index (χ1n) is 14.0. The highest BCUT2D eigenvalue weighted by atomic mass is 35.5. The summed E-state index contributed by atoms with van der Waals surface area (Å²) in [7, 11) is -8.87. The first kappa shape index (κ1) is 34.8. The number of primary amides is 1. The fourth-order valence-electron chi connectivity index (χ4n) is 4.64. The molecule has 0 heterocycles. The highest BCUT2D eigenvalue weighted by molar-refractivity contribution is 7.95. The molecule has 0 bridgehead atoms. The molecule has 46 heavy (non-hydrogen) atoms. The molecule has 0 saturated carbocycles. The maximum absolute atomic E-state index is 13.8. The van der Waals surface area contributed by atoms with Crippen molar-refractivity contribution in [2.75, 3.05) is 0 Å². The van der Waals surface area contributed by atoms with E-state index in [1.807, 2.05) is 0 Å². The Balaban J connectivity index is 1.60. The molecule has 0 spiro atoms. The van der Waals surface area contributed by atoms with Crippen LogP contribution < -0.4 is 11.1 Å². The van der Waals surface area contributed by atoms with E-state index in [9.17, 15) is 31.2 Å². The van der Waals surface area contributed by atoms with Gasteiger partial charge in [0.15, 0.2) is 6.29 Å². The third-order valence-electron chi connectivity index (χ3n) is 7.40. The normalized spacial score (nSPS) is 14.4. The Morgan fingerprint density at radius 3 is 1.54 bits per heavy atom. The van der Waals surface area contributed by atoms with Crippen LogP contribution in [0, 0.1) is 0 Å². The lowest BCUT2D eigenvalue weighted by Gasteiger charge is -2.28. The smallest absolute Gasteiger partial charge is 0.253 e. The quantitative estimate of drug-likeness (QED) is 0.106. The molecule has 4 aromatic rings. The van der Waals surface area contributed by atoms with Crippen molar-refractivity contribution < 1.29 is 31.2 Å². The first-order chi connectivity index (χ1) is 21.7. The van der Waals surface area contributed by atoms with Gasteiger partial charge >= 0.3 is 0 Å². The molecular formula is C33H30Cl2N2O7S2. The van der Waals surface area contributed by atoms with Crippen LogP contribution in [0.4, 0.5) is 0 Å². The summed E-state index contributed by atoms with van der Waals surface area (Å²) in [5, 5.41) is 2.41. The van der Waals surface area contributed by atoms with Crippen LogP contribution in [0.5, 0.6) is 0 Å². The van der Waals surface area contributed by atoms with E-state index in [0.717, 1.165) is 23.3 Å². The Morgan fingerprint density at radius 2 is 1.09 bits per heavy atom. The van der Waals surface area contributed by atoms with Gasteiger partial charge in [0.2, 0.25) is 34.1 Å². The number of aldehydes is 1. The van der Waals surface area contributed by atoms with E-state index in [2.05, 4.69) is 5.32 Å². The standard InChI is InChI=1S/C33H30Cl2N2O7S2/c34-32(23-38,21-19-24-7-3-1-4-8-24)45(41,42)28-17-13-27(14-18-28)31(40)37-33(35,22-20-25-9-5-2-6-10-25)46(43,44)29-15-11-26(12-16-29)30(36)39/h1-18,23H,19-22H2,(H2,36,39)(H,37,40). The third kappa shape index (κ3) is 7.50. The van der Waals surface area contributed by atoms with Gasteiger partial charge in [0.05, 0.1) is 9.79 Å². The summed E-state index contributed by atoms with van der Waals surface area (Å²) in [6.45, 7) is 0. The summed E-state index contributed by atoms with van der Waals surface area (Å²) in [4.78, 5) is 36.3. The molecule has 0 fully saturated rings. The monoisotopic (exact) mass is 700 g/mol. The van der Waals surface area contributed by atoms with Gasteiger partial charge in [-0.05, 0) is 78.9 Å². The molecular weight excluding hydrogens is 671 g/mol. The number of aryl methyl sites for hydroxylation is 2. The maximum Gasteiger partial charge on any atom is 0.253 e. The first-order valence-corrected chi connectivity index (χ1v) is 17.7. The average Bonchev–Trinajstić information content (AvgIpc) is 3.07. The van der Waals surface area contributed by atoms with E-state index >= 15 is 0 Å². The molecule has 2 atom stereocenters. The second kappa shape index (κ2) is 14.2. The number of alkyl halides is 2. The lowest BCUT2D eigenvalue weighted by atomic mass is 10.1. The zero-order valence-electron chi connectivity index (χ0n) is 24.3. The Hall–Kier alpha value is -4.03. The van der Waals surface area contributed by atoms with Gasteiger partial charge in [0.1, 0.15) is 0 Å². The van der Waals surface area contributed by atoms with Gasteiger partial charge in [-0.1, -0.05) is 83.9 Å². The summed E-state index contributed by atoms with van der Waals surface area (Å²) in [6, 6.07) is 27.2. The predicted molar refractivity (Wildman–Crippen MR) is 176 cm³/mol. The van der Waals surface area contributed by atoms with Gasteiger partial charge in [0.25, 0.3) is 5.91 Å². The summed E-state index contributed by atoms with van der Waals surface area (Å²) in [6.07, 6.45) is 0.145. The van der Waals surface area contributed by atoms with Crippen LogP contribution in [0.1, 0.15) is 44.7 Å². The minimum atomic E-state index is -4.47. The van der Waals surface area contributed by atoms with Crippen LogP contribution >= 0.6 is 23.2 Å². The van der Waals surface area contributed by atoms with Crippen molar-refractivity contribution in [1.82, 2.24) is 5.32 Å². The Kier molecular flexibility index (Phi) is 10.7. The van der Waals surface area contributed by atoms with Crippen molar-refractivity contribution in [3.8, 4) is 0 Å². The average molecular weight is 702 g/mol. The van der Waals surface area contributed by atoms with E-state index in [1.54, 1.807) is 60.7 Å². The molecule has 0 saturated heterocycles. The van der Waals surface area contributed by atoms with Crippen molar-refractivity contribution in [3.05, 3.63) is 131 Å². The molecule has 9 nitrogen and oxygen atoms in total. The van der Waals surface area contributed by atoms with Crippen LogP contribution in [0.15, 0.2) is 119 Å². The van der Waals surface area contributed by atoms with Gasteiger partial charge in [-0.15, -0.1) is 0 Å². The SMILES string of the molecule is NC(=O)c1ccc(S(=O)(=O)C(Cl)(CCc2ccccc2)NC(=O)c2ccc(S(=O)(=O)C(Cl)(C=O)CCc3ccccc3)cc2)cc1. The van der Waals surface area contributed by atoms with E-state index in [1.165, 1.54) is 36.4 Å². The topological polar surface area (TPSA) is 158 Å². The number of hydrogen-bond donors (Lipinski definition) is 2. The number of carbonyl (C=O) groups excluding carboxylic acids is 3. The molecule has 2 amide bonds. The Bertz CT molecular complexity index is 1920. The molecule has 240 valence electrons. The molecule has 0 radical (unpaired) electrons. The summed E-state index contributed by atoms with van der Waals surface area (Å²) < 4.78 is 49.8. The number of sulfone groups is 2. The molecule has 4 rings (SSSR count). The van der Waals surface area contributed by atoms with Crippen molar-refractivity contribution in [2.24, 2.45) is 5.73 Å². The number of halogens is 2. The number of carbonyl (C=O) groups is 3. The number of nitrogens with two attached hydrogens (primary N) is 1. The largest absolute Gasteiger partial charge is 0.366 e. The van der Waals surface area contributed by atoms with E-state index < -0.39 is 40.0 Å². The van der Waals surface area contributed by atoms with E-state index in [4.69, 9.17) is 28.9 Å². The Labute approximate surface area is 277 Å². The van der Waals surface area contributed by atoms with Crippen molar-refractivity contribution in [3.63, 3.8) is 0 Å². The van der Waals surface area contributed by atoms with Gasteiger partial charge < -0.3 is 15.8 Å². The fourth-order valence-corrected chi connectivity index (χ4v) is 8.30. The minimum Gasteiger partial charge on any atom is -0.366 e. The number of hydrogen-bond acceptors (Lipinski definition) is 7. The van der Waals surface area contributed by atoms with Crippen molar-refractivity contribution in [2.45, 2.75) is 44.0 Å². The fraction of sp³-hybridized carbons (Fsp3) is 0.182. The van der Waals surface area contributed by atoms with E-state index in [-0.39, 0.29) is 52.9 Å². The summed E-state index contributed by atoms with van der Waals surface area (Å²) in [5.74, 6) is -1.65. The van der Waals surface area contributed by atoms with Crippen molar-refractivity contribution >= 4 is 61.0 Å². The minimum absolute atomic E-state index is 0.0816. The molecule has 0 aromatic heterocycles. The lowest BCUT2D eigenvalue weighted by molar-refractivity contribution is -0.108. The third-order valence-corrected chi connectivity index (χ3v) is 13.3. The van der Waals surface area contributed by atoms with Gasteiger partial charge in [-0.3, -0.25) is 9.59 Å². The van der Waals surface area contributed by atoms with Crippen molar-refractivity contribution in [1.29, 1.82) is 0 Å². The lowest BCUT2D eigenvalue weighted by Crippen LogP contribution is -2.50. The van der Waals surface area contributed by atoms with Gasteiger partial charge in [-0.2, -0.15) is 0 Å². The predicted octanol–water partition coefficient (Wildman–Crippen LogP) is 5.06. The molecule has 2 unspecified atom stereocenters. The molecule has 13 heteroatoms. The molecule has 0 aliphatic carbocycles. The van der Waals surface area contributed by atoms with Gasteiger partial charge in [-0.25, -0.2) is 16.8 Å². The summed E-state index contributed by atoms with van der Waals surface area (Å²) >= 11 is 13.1.